The van der Waals surface area contributed by atoms with Crippen LogP contribution in [0.5, 0.6) is 5.88 Å². The van der Waals surface area contributed by atoms with E-state index in [0.29, 0.717) is 18.2 Å². The number of anilines is 1. The molecule has 2 rings (SSSR count). The molecule has 0 atom stereocenters. The minimum absolute atomic E-state index is 0.0281. The Bertz CT molecular complexity index is 607. The molecule has 96 valence electrons. The van der Waals surface area contributed by atoms with Crippen molar-refractivity contribution in [2.75, 3.05) is 12.4 Å². The van der Waals surface area contributed by atoms with Gasteiger partial charge in [-0.3, -0.25) is 4.79 Å². The lowest BCUT2D eigenvalue weighted by molar-refractivity contribution is 0.373. The van der Waals surface area contributed by atoms with Crippen molar-refractivity contribution in [2.24, 2.45) is 7.05 Å². The molecule has 0 aromatic carbocycles. The van der Waals surface area contributed by atoms with E-state index in [1.54, 1.807) is 24.9 Å². The van der Waals surface area contributed by atoms with Crippen molar-refractivity contribution in [1.29, 1.82) is 0 Å². The fourth-order valence-corrected chi connectivity index (χ4v) is 1.63. The van der Waals surface area contributed by atoms with Gasteiger partial charge in [-0.2, -0.15) is 5.10 Å². The number of hydrogen-bond donors (Lipinski definition) is 2. The zero-order chi connectivity index (χ0) is 13.1. The molecule has 0 unspecified atom stereocenters. The molecule has 0 saturated carbocycles. The molecule has 0 bridgehead atoms. The summed E-state index contributed by atoms with van der Waals surface area (Å²) in [6.07, 6.45) is 1.29. The summed E-state index contributed by atoms with van der Waals surface area (Å²) in [7, 11) is 3.35. The second kappa shape index (κ2) is 5.09. The van der Waals surface area contributed by atoms with Crippen LogP contribution < -0.4 is 15.6 Å². The maximum absolute atomic E-state index is 11.2. The number of aromatic nitrogens is 4. The van der Waals surface area contributed by atoms with Crippen LogP contribution in [0.1, 0.15) is 5.69 Å². The number of hydrogen-bond acceptors (Lipinski definition) is 5. The van der Waals surface area contributed by atoms with E-state index in [2.05, 4.69) is 20.4 Å². The van der Waals surface area contributed by atoms with E-state index >= 15 is 0 Å². The van der Waals surface area contributed by atoms with Crippen LogP contribution >= 0.6 is 11.6 Å². The molecule has 18 heavy (non-hydrogen) atoms. The Hall–Kier alpha value is -2.02. The molecule has 0 radical (unpaired) electrons. The molecule has 2 aromatic rings. The number of ether oxygens (including phenoxy) is 1. The lowest BCUT2D eigenvalue weighted by Crippen LogP contribution is -2.11. The molecule has 0 fully saturated rings. The summed E-state index contributed by atoms with van der Waals surface area (Å²) in [4.78, 5) is 17.6. The van der Waals surface area contributed by atoms with Gasteiger partial charge in [-0.25, -0.2) is 9.67 Å². The maximum Gasteiger partial charge on any atom is 0.271 e. The minimum atomic E-state index is -0.382. The summed E-state index contributed by atoms with van der Waals surface area (Å²) >= 11 is 5.80. The Kier molecular flexibility index (Phi) is 3.52. The molecule has 2 aromatic heterocycles. The van der Waals surface area contributed by atoms with E-state index in [4.69, 9.17) is 16.3 Å². The average Bonchev–Trinajstić information content (AvgIpc) is 2.72. The number of nitrogens with zero attached hydrogens (tertiary/aromatic N) is 3. The SMILES string of the molecule is COc1cc(CNc2nc[nH]c(=O)c2Cl)nn1C. The van der Waals surface area contributed by atoms with Crippen molar-refractivity contribution in [3.8, 4) is 5.88 Å². The zero-order valence-electron chi connectivity index (χ0n) is 9.90. The minimum Gasteiger partial charge on any atom is -0.481 e. The number of H-pyrrole nitrogens is 1. The van der Waals surface area contributed by atoms with Gasteiger partial charge in [0, 0.05) is 13.1 Å². The first-order valence-corrected chi connectivity index (χ1v) is 5.53. The molecule has 0 saturated heterocycles. The van der Waals surface area contributed by atoms with Crippen LogP contribution in [0.25, 0.3) is 0 Å². The zero-order valence-corrected chi connectivity index (χ0v) is 10.7. The Labute approximate surface area is 108 Å². The van der Waals surface area contributed by atoms with Gasteiger partial charge in [0.25, 0.3) is 5.56 Å². The van der Waals surface area contributed by atoms with E-state index in [-0.39, 0.29) is 10.6 Å². The summed E-state index contributed by atoms with van der Waals surface area (Å²) in [5.74, 6) is 0.974. The molecule has 7 nitrogen and oxygen atoms in total. The molecular formula is C10H12ClN5O2. The number of nitrogens with one attached hydrogen (secondary N) is 2. The average molecular weight is 270 g/mol. The fraction of sp³-hybridized carbons (Fsp3) is 0.300. The summed E-state index contributed by atoms with van der Waals surface area (Å²) in [5.41, 5.74) is 0.375. The second-order valence-corrected chi connectivity index (χ2v) is 3.93. The fourth-order valence-electron chi connectivity index (χ4n) is 1.46. The first kappa shape index (κ1) is 12.4. The molecule has 0 amide bonds. The van der Waals surface area contributed by atoms with Crippen LogP contribution in [0.3, 0.4) is 0 Å². The first-order chi connectivity index (χ1) is 8.61. The van der Waals surface area contributed by atoms with Crippen molar-refractivity contribution >= 4 is 17.4 Å². The molecule has 2 heterocycles. The van der Waals surface area contributed by atoms with Gasteiger partial charge in [0.2, 0.25) is 5.88 Å². The summed E-state index contributed by atoms with van der Waals surface area (Å²) in [5, 5.41) is 7.19. The van der Waals surface area contributed by atoms with Crippen LogP contribution in [0, 0.1) is 0 Å². The van der Waals surface area contributed by atoms with E-state index < -0.39 is 0 Å². The Balaban J connectivity index is 2.11. The van der Waals surface area contributed by atoms with E-state index in [1.165, 1.54) is 6.33 Å². The topological polar surface area (TPSA) is 84.8 Å². The molecule has 0 aliphatic rings. The third-order valence-corrected chi connectivity index (χ3v) is 2.68. The highest BCUT2D eigenvalue weighted by Crippen LogP contribution is 2.15. The highest BCUT2D eigenvalue weighted by molar-refractivity contribution is 6.32. The van der Waals surface area contributed by atoms with Crippen LogP contribution in [-0.2, 0) is 13.6 Å². The van der Waals surface area contributed by atoms with Gasteiger partial charge in [-0.15, -0.1) is 0 Å². The number of aryl methyl sites for hydroxylation is 1. The predicted molar refractivity (Wildman–Crippen MR) is 67.0 cm³/mol. The molecule has 0 spiro atoms. The normalized spacial score (nSPS) is 10.4. The van der Waals surface area contributed by atoms with Gasteiger partial charge in [-0.05, 0) is 0 Å². The van der Waals surface area contributed by atoms with Crippen LogP contribution in [0.4, 0.5) is 5.82 Å². The van der Waals surface area contributed by atoms with Crippen molar-refractivity contribution < 1.29 is 4.74 Å². The van der Waals surface area contributed by atoms with Crippen molar-refractivity contribution in [3.05, 3.63) is 33.5 Å². The van der Waals surface area contributed by atoms with Crippen molar-refractivity contribution in [1.82, 2.24) is 19.7 Å². The first-order valence-electron chi connectivity index (χ1n) is 5.15. The second-order valence-electron chi connectivity index (χ2n) is 3.55. The Morgan fingerprint density at radius 1 is 1.61 bits per heavy atom. The number of halogens is 1. The van der Waals surface area contributed by atoms with Crippen molar-refractivity contribution in [2.45, 2.75) is 6.54 Å². The molecule has 8 heteroatoms. The maximum atomic E-state index is 11.2. The van der Waals surface area contributed by atoms with Crippen LogP contribution in [0.2, 0.25) is 5.02 Å². The van der Waals surface area contributed by atoms with E-state index in [1.807, 2.05) is 0 Å². The summed E-state index contributed by atoms with van der Waals surface area (Å²) in [6, 6.07) is 1.79. The third-order valence-electron chi connectivity index (χ3n) is 2.33. The smallest absolute Gasteiger partial charge is 0.271 e. The number of aromatic amines is 1. The molecule has 0 aliphatic carbocycles. The predicted octanol–water partition coefficient (Wildman–Crippen LogP) is 0.777. The quantitative estimate of drug-likeness (QED) is 0.857. The highest BCUT2D eigenvalue weighted by Gasteiger charge is 2.08. The Morgan fingerprint density at radius 3 is 3.06 bits per heavy atom. The highest BCUT2D eigenvalue weighted by atomic mass is 35.5. The largest absolute Gasteiger partial charge is 0.481 e. The Morgan fingerprint density at radius 2 is 2.39 bits per heavy atom. The van der Waals surface area contributed by atoms with Gasteiger partial charge in [0.05, 0.1) is 25.7 Å². The third kappa shape index (κ3) is 2.45. The number of rotatable bonds is 4. The van der Waals surface area contributed by atoms with Gasteiger partial charge in [-0.1, -0.05) is 11.6 Å². The van der Waals surface area contributed by atoms with E-state index in [9.17, 15) is 4.79 Å². The lowest BCUT2D eigenvalue weighted by Gasteiger charge is -2.03. The molecular weight excluding hydrogens is 258 g/mol. The monoisotopic (exact) mass is 269 g/mol. The van der Waals surface area contributed by atoms with Gasteiger partial charge in [0.15, 0.2) is 5.82 Å². The molecule has 2 N–H and O–H groups in total. The lowest BCUT2D eigenvalue weighted by atomic mass is 10.4. The summed E-state index contributed by atoms with van der Waals surface area (Å²) in [6.45, 7) is 0.396. The summed E-state index contributed by atoms with van der Waals surface area (Å²) < 4.78 is 6.71. The van der Waals surface area contributed by atoms with Crippen LogP contribution in [0.15, 0.2) is 17.2 Å². The molecule has 0 aliphatic heterocycles. The van der Waals surface area contributed by atoms with Crippen LogP contribution in [-0.4, -0.2) is 26.9 Å². The van der Waals surface area contributed by atoms with E-state index in [0.717, 1.165) is 5.69 Å². The van der Waals surface area contributed by atoms with Gasteiger partial charge in [0.1, 0.15) is 5.02 Å². The van der Waals surface area contributed by atoms with Gasteiger partial charge >= 0.3 is 0 Å². The number of methoxy groups -OCH3 is 1. The van der Waals surface area contributed by atoms with Crippen molar-refractivity contribution in [3.63, 3.8) is 0 Å². The standard InChI is InChI=1S/C10H12ClN5O2/c1-16-7(18-2)3-6(15-16)4-12-9-8(11)10(17)14-5-13-9/h3,5H,4H2,1-2H3,(H2,12,13,14,17). The van der Waals surface area contributed by atoms with Gasteiger partial charge < -0.3 is 15.0 Å².